The maximum absolute atomic E-state index is 12.0. The van der Waals surface area contributed by atoms with Crippen LogP contribution in [-0.4, -0.2) is 24.4 Å². The summed E-state index contributed by atoms with van der Waals surface area (Å²) in [6.07, 6.45) is 6.81. The fourth-order valence-electron chi connectivity index (χ4n) is 3.05. The molecule has 1 heterocycles. The highest BCUT2D eigenvalue weighted by molar-refractivity contribution is 7.91. The Bertz CT molecular complexity index is 540. The molecule has 5 heteroatoms. The van der Waals surface area contributed by atoms with Gasteiger partial charge >= 0.3 is 0 Å². The van der Waals surface area contributed by atoms with Gasteiger partial charge in [-0.05, 0) is 58.3 Å². The van der Waals surface area contributed by atoms with E-state index >= 15 is 0 Å². The highest BCUT2D eigenvalue weighted by atomic mass is 32.2. The van der Waals surface area contributed by atoms with E-state index in [1.165, 1.54) is 24.3 Å². The van der Waals surface area contributed by atoms with E-state index in [2.05, 4.69) is 10.4 Å². The summed E-state index contributed by atoms with van der Waals surface area (Å²) in [7, 11) is -2.88. The Labute approximate surface area is 133 Å². The lowest BCUT2D eigenvalue weighted by Crippen LogP contribution is -2.26. The van der Waals surface area contributed by atoms with E-state index in [-0.39, 0.29) is 5.25 Å². The topological polar surface area (TPSA) is 47.0 Å². The zero-order chi connectivity index (χ0) is 15.5. The zero-order valence-corrected chi connectivity index (χ0v) is 15.0. The van der Waals surface area contributed by atoms with Crippen LogP contribution in [0.25, 0.3) is 0 Å². The molecule has 0 amide bonds. The Morgan fingerprint density at radius 1 is 1.24 bits per heavy atom. The molecule has 0 spiro atoms. The quantitative estimate of drug-likeness (QED) is 0.792. The lowest BCUT2D eigenvalue weighted by atomic mass is 9.81. The summed E-state index contributed by atoms with van der Waals surface area (Å²) in [4.78, 5) is 4.52. The van der Waals surface area contributed by atoms with Crippen molar-refractivity contribution in [3.63, 3.8) is 0 Å². The molecule has 1 aliphatic rings. The van der Waals surface area contributed by atoms with Gasteiger partial charge in [0.05, 0.1) is 16.0 Å². The van der Waals surface area contributed by atoms with Crippen molar-refractivity contribution >= 4 is 21.2 Å². The summed E-state index contributed by atoms with van der Waals surface area (Å²) in [5, 5.41) is 3.13. The van der Waals surface area contributed by atoms with E-state index in [9.17, 15) is 8.42 Å². The predicted octanol–water partition coefficient (Wildman–Crippen LogP) is 4.01. The maximum atomic E-state index is 12.0. The van der Waals surface area contributed by atoms with Crippen molar-refractivity contribution in [3.05, 3.63) is 16.1 Å². The molecule has 0 aromatic carbocycles. The molecule has 1 saturated carbocycles. The summed E-state index contributed by atoms with van der Waals surface area (Å²) in [5.74, 6) is 1.53. The molecule has 0 saturated heterocycles. The van der Waals surface area contributed by atoms with Crippen LogP contribution in [0.5, 0.6) is 0 Å². The average Bonchev–Trinajstić information content (AvgIpc) is 2.83. The smallest absolute Gasteiger partial charge is 0.152 e. The van der Waals surface area contributed by atoms with Crippen molar-refractivity contribution in [1.82, 2.24) is 4.98 Å². The molecule has 0 bridgehead atoms. The number of thiazole rings is 1. The Morgan fingerprint density at radius 2 is 1.86 bits per heavy atom. The largest absolute Gasteiger partial charge is 0.247 e. The summed E-state index contributed by atoms with van der Waals surface area (Å²) < 4.78 is 24.0. The number of aromatic nitrogens is 1. The third-order valence-corrected chi connectivity index (χ3v) is 7.98. The molecular weight excluding hydrogens is 302 g/mol. The zero-order valence-electron chi connectivity index (χ0n) is 13.3. The first kappa shape index (κ1) is 16.9. The highest BCUT2D eigenvalue weighted by Crippen LogP contribution is 2.33. The van der Waals surface area contributed by atoms with Gasteiger partial charge in [-0.15, -0.1) is 11.3 Å². The van der Waals surface area contributed by atoms with Crippen LogP contribution in [0.3, 0.4) is 0 Å². The lowest BCUT2D eigenvalue weighted by molar-refractivity contribution is 0.278. The van der Waals surface area contributed by atoms with Crippen LogP contribution < -0.4 is 0 Å². The fraction of sp³-hybridized carbons (Fsp3) is 0.812. The van der Waals surface area contributed by atoms with E-state index in [4.69, 9.17) is 0 Å². The van der Waals surface area contributed by atoms with Gasteiger partial charge in [-0.2, -0.15) is 0 Å². The highest BCUT2D eigenvalue weighted by Gasteiger charge is 2.27. The van der Waals surface area contributed by atoms with Crippen LogP contribution in [0.1, 0.15) is 56.7 Å². The van der Waals surface area contributed by atoms with Gasteiger partial charge in [0, 0.05) is 11.1 Å². The first-order valence-electron chi connectivity index (χ1n) is 7.99. The van der Waals surface area contributed by atoms with E-state index in [0.29, 0.717) is 11.7 Å². The second-order valence-electron chi connectivity index (χ2n) is 6.69. The first-order valence-corrected chi connectivity index (χ1v) is 10.6. The summed E-state index contributed by atoms with van der Waals surface area (Å²) in [5.41, 5.74) is 1.12. The summed E-state index contributed by atoms with van der Waals surface area (Å²) in [6, 6.07) is 0. The number of aryl methyl sites for hydroxylation is 2. The van der Waals surface area contributed by atoms with Gasteiger partial charge in [-0.3, -0.25) is 0 Å². The number of sulfone groups is 1. The van der Waals surface area contributed by atoms with Crippen LogP contribution in [0, 0.1) is 18.8 Å². The van der Waals surface area contributed by atoms with Gasteiger partial charge in [0.2, 0.25) is 0 Å². The third kappa shape index (κ3) is 5.06. The molecule has 120 valence electrons. The Balaban J connectivity index is 1.73. The molecular formula is C16H27NO2S2. The minimum absolute atomic E-state index is 0.233. The summed E-state index contributed by atoms with van der Waals surface area (Å²) >= 11 is 1.76. The minimum Gasteiger partial charge on any atom is -0.247 e. The number of rotatable bonds is 6. The van der Waals surface area contributed by atoms with Crippen LogP contribution in [0.2, 0.25) is 0 Å². The average molecular weight is 330 g/mol. The molecule has 2 rings (SSSR count). The van der Waals surface area contributed by atoms with E-state index in [1.54, 1.807) is 25.2 Å². The van der Waals surface area contributed by atoms with Gasteiger partial charge in [0.15, 0.2) is 9.84 Å². The second-order valence-corrected chi connectivity index (χ2v) is 10.2. The van der Waals surface area contributed by atoms with Crippen molar-refractivity contribution < 1.29 is 8.42 Å². The Morgan fingerprint density at radius 3 is 2.38 bits per heavy atom. The molecule has 0 N–H and O–H groups in total. The van der Waals surface area contributed by atoms with E-state index in [0.717, 1.165) is 30.9 Å². The molecule has 1 aliphatic carbocycles. The lowest BCUT2D eigenvalue weighted by Gasteiger charge is -2.28. The maximum Gasteiger partial charge on any atom is 0.152 e. The van der Waals surface area contributed by atoms with Crippen LogP contribution in [0.4, 0.5) is 0 Å². The van der Waals surface area contributed by atoms with Crippen LogP contribution >= 0.6 is 11.3 Å². The summed E-state index contributed by atoms with van der Waals surface area (Å²) in [6.45, 7) is 5.62. The second kappa shape index (κ2) is 7.23. The predicted molar refractivity (Wildman–Crippen MR) is 89.5 cm³/mol. The molecule has 0 radical (unpaired) electrons. The molecule has 0 unspecified atom stereocenters. The van der Waals surface area contributed by atoms with Crippen molar-refractivity contribution in [1.29, 1.82) is 0 Å². The third-order valence-electron chi connectivity index (χ3n) is 4.59. The molecule has 1 fully saturated rings. The Kier molecular flexibility index (Phi) is 5.83. The molecule has 1 aromatic heterocycles. The van der Waals surface area contributed by atoms with Gasteiger partial charge in [0.1, 0.15) is 0 Å². The molecule has 0 atom stereocenters. The fourth-order valence-corrected chi connectivity index (χ4v) is 5.22. The molecule has 3 nitrogen and oxygen atoms in total. The van der Waals surface area contributed by atoms with Crippen LogP contribution in [0.15, 0.2) is 5.38 Å². The number of hydrogen-bond acceptors (Lipinski definition) is 4. The molecule has 1 aromatic rings. The molecule has 0 aliphatic heterocycles. The van der Waals surface area contributed by atoms with Crippen LogP contribution in [-0.2, 0) is 16.3 Å². The molecule has 21 heavy (non-hydrogen) atoms. The van der Waals surface area contributed by atoms with Crippen molar-refractivity contribution in [3.8, 4) is 0 Å². The van der Waals surface area contributed by atoms with E-state index in [1.807, 2.05) is 6.92 Å². The standard InChI is InChI=1S/C16H27NO2S2/c1-12(2)21(18,19)11-15-6-4-14(5-7-15)8-9-16-17-13(3)10-20-16/h10,12,14-15H,4-9,11H2,1-3H3. The first-order chi connectivity index (χ1) is 9.87. The SMILES string of the molecule is Cc1csc(CCC2CCC(CS(=O)(=O)C(C)C)CC2)n1. The van der Waals surface area contributed by atoms with Gasteiger partial charge in [-0.1, -0.05) is 12.8 Å². The van der Waals surface area contributed by atoms with Gasteiger partial charge < -0.3 is 0 Å². The van der Waals surface area contributed by atoms with Gasteiger partial charge in [-0.25, -0.2) is 13.4 Å². The van der Waals surface area contributed by atoms with E-state index < -0.39 is 9.84 Å². The van der Waals surface area contributed by atoms with Gasteiger partial charge in [0.25, 0.3) is 0 Å². The number of nitrogens with zero attached hydrogens (tertiary/aromatic N) is 1. The minimum atomic E-state index is -2.88. The number of hydrogen-bond donors (Lipinski definition) is 0. The van der Waals surface area contributed by atoms with Crippen molar-refractivity contribution in [2.75, 3.05) is 5.75 Å². The normalized spacial score (nSPS) is 23.6. The monoisotopic (exact) mass is 329 g/mol. The Hall–Kier alpha value is -0.420. The van der Waals surface area contributed by atoms with Crippen molar-refractivity contribution in [2.45, 2.75) is 64.5 Å². The van der Waals surface area contributed by atoms with Crippen molar-refractivity contribution in [2.24, 2.45) is 11.8 Å².